The fraction of sp³-hybridized carbons (Fsp3) is 0.188. The molecule has 0 N–H and O–H groups in total. The SMILES string of the molecule is CCCOc1cc2cc3ccccc3nc2cc1N=[N+]=[N-]. The molecule has 0 unspecified atom stereocenters. The number of nitrogens with zero attached hydrogens (tertiary/aromatic N) is 4. The van der Waals surface area contributed by atoms with E-state index in [9.17, 15) is 0 Å². The number of ether oxygens (including phenoxy) is 1. The smallest absolute Gasteiger partial charge is 0.129 e. The Morgan fingerprint density at radius 2 is 2.00 bits per heavy atom. The van der Waals surface area contributed by atoms with Crippen LogP contribution in [0.25, 0.3) is 32.2 Å². The summed E-state index contributed by atoms with van der Waals surface area (Å²) in [4.78, 5) is 7.46. The van der Waals surface area contributed by atoms with Crippen LogP contribution in [-0.4, -0.2) is 11.6 Å². The lowest BCUT2D eigenvalue weighted by molar-refractivity contribution is 0.319. The maximum atomic E-state index is 8.70. The highest BCUT2D eigenvalue weighted by atomic mass is 16.5. The van der Waals surface area contributed by atoms with Gasteiger partial charge in [-0.25, -0.2) is 4.98 Å². The lowest BCUT2D eigenvalue weighted by Gasteiger charge is -2.10. The third kappa shape index (κ3) is 2.59. The van der Waals surface area contributed by atoms with Gasteiger partial charge in [-0.2, -0.15) is 0 Å². The molecule has 1 heterocycles. The number of aromatic nitrogens is 1. The predicted molar refractivity (Wildman–Crippen MR) is 83.8 cm³/mol. The molecule has 0 amide bonds. The van der Waals surface area contributed by atoms with E-state index < -0.39 is 0 Å². The fourth-order valence-electron chi connectivity index (χ4n) is 2.25. The van der Waals surface area contributed by atoms with Gasteiger partial charge in [0.2, 0.25) is 0 Å². The van der Waals surface area contributed by atoms with Crippen LogP contribution >= 0.6 is 0 Å². The van der Waals surface area contributed by atoms with E-state index in [0.717, 1.165) is 28.2 Å². The monoisotopic (exact) mass is 278 g/mol. The number of benzene rings is 2. The van der Waals surface area contributed by atoms with Gasteiger partial charge in [0.15, 0.2) is 0 Å². The lowest BCUT2D eigenvalue weighted by atomic mass is 10.1. The molecule has 3 rings (SSSR count). The molecular formula is C16H14N4O. The van der Waals surface area contributed by atoms with Crippen LogP contribution in [0.4, 0.5) is 5.69 Å². The van der Waals surface area contributed by atoms with Gasteiger partial charge in [-0.3, -0.25) is 0 Å². The van der Waals surface area contributed by atoms with Gasteiger partial charge in [0, 0.05) is 15.7 Å². The van der Waals surface area contributed by atoms with Crippen molar-refractivity contribution in [3.63, 3.8) is 0 Å². The van der Waals surface area contributed by atoms with Crippen LogP contribution in [0.1, 0.15) is 13.3 Å². The number of azide groups is 1. The molecule has 0 spiro atoms. The van der Waals surface area contributed by atoms with Gasteiger partial charge in [0.1, 0.15) is 5.75 Å². The van der Waals surface area contributed by atoms with Crippen molar-refractivity contribution in [3.05, 3.63) is 52.9 Å². The molecule has 0 saturated carbocycles. The molecule has 5 nitrogen and oxygen atoms in total. The fourth-order valence-corrected chi connectivity index (χ4v) is 2.25. The van der Waals surface area contributed by atoms with E-state index >= 15 is 0 Å². The van der Waals surface area contributed by atoms with Crippen LogP contribution in [0, 0.1) is 0 Å². The number of hydrogen-bond acceptors (Lipinski definition) is 3. The Morgan fingerprint density at radius 3 is 2.81 bits per heavy atom. The second-order valence-corrected chi connectivity index (χ2v) is 4.73. The van der Waals surface area contributed by atoms with E-state index in [0.29, 0.717) is 18.0 Å². The van der Waals surface area contributed by atoms with E-state index in [1.54, 1.807) is 6.07 Å². The van der Waals surface area contributed by atoms with Crippen LogP contribution in [0.5, 0.6) is 5.75 Å². The standard InChI is InChI=1S/C16H14N4O/c1-2-7-21-16-9-12-8-11-5-3-4-6-13(11)18-14(12)10-15(16)19-20-17/h3-6,8-10H,2,7H2,1H3. The van der Waals surface area contributed by atoms with Crippen molar-refractivity contribution >= 4 is 27.5 Å². The number of rotatable bonds is 4. The predicted octanol–water partition coefficient (Wildman–Crippen LogP) is 5.12. The molecule has 0 aliphatic rings. The van der Waals surface area contributed by atoms with Gasteiger partial charge < -0.3 is 4.74 Å². The molecule has 0 aliphatic heterocycles. The van der Waals surface area contributed by atoms with Crippen molar-refractivity contribution in [1.82, 2.24) is 4.98 Å². The third-order valence-electron chi connectivity index (χ3n) is 3.21. The minimum Gasteiger partial charge on any atom is -0.493 e. The molecular weight excluding hydrogens is 264 g/mol. The molecule has 5 heteroatoms. The number of hydrogen-bond donors (Lipinski definition) is 0. The number of pyridine rings is 1. The topological polar surface area (TPSA) is 70.9 Å². The minimum atomic E-state index is 0.473. The average molecular weight is 278 g/mol. The van der Waals surface area contributed by atoms with Crippen molar-refractivity contribution in [3.8, 4) is 5.75 Å². The van der Waals surface area contributed by atoms with E-state index in [4.69, 9.17) is 10.3 Å². The van der Waals surface area contributed by atoms with Crippen molar-refractivity contribution in [2.45, 2.75) is 13.3 Å². The zero-order chi connectivity index (χ0) is 14.7. The van der Waals surface area contributed by atoms with Gasteiger partial charge in [-0.15, -0.1) is 0 Å². The molecule has 21 heavy (non-hydrogen) atoms. The number of para-hydroxylation sites is 1. The Kier molecular flexibility index (Phi) is 3.58. The first-order valence-corrected chi connectivity index (χ1v) is 6.83. The normalized spacial score (nSPS) is 10.5. The van der Waals surface area contributed by atoms with Crippen molar-refractivity contribution in [2.75, 3.05) is 6.61 Å². The summed E-state index contributed by atoms with van der Waals surface area (Å²) in [5.41, 5.74) is 10.9. The summed E-state index contributed by atoms with van der Waals surface area (Å²) in [5, 5.41) is 5.75. The van der Waals surface area contributed by atoms with E-state index in [1.807, 2.05) is 37.3 Å². The first-order chi connectivity index (χ1) is 10.3. The largest absolute Gasteiger partial charge is 0.493 e. The first kappa shape index (κ1) is 13.2. The van der Waals surface area contributed by atoms with Crippen LogP contribution < -0.4 is 4.74 Å². The highest BCUT2D eigenvalue weighted by Gasteiger charge is 2.07. The molecule has 0 radical (unpaired) electrons. The second kappa shape index (κ2) is 5.69. The average Bonchev–Trinajstić information content (AvgIpc) is 2.51. The Hall–Kier alpha value is -2.78. The summed E-state index contributed by atoms with van der Waals surface area (Å²) in [7, 11) is 0. The summed E-state index contributed by atoms with van der Waals surface area (Å²) >= 11 is 0. The second-order valence-electron chi connectivity index (χ2n) is 4.73. The van der Waals surface area contributed by atoms with Crippen LogP contribution in [0.3, 0.4) is 0 Å². The summed E-state index contributed by atoms with van der Waals surface area (Å²) in [5.74, 6) is 0.597. The zero-order valence-corrected chi connectivity index (χ0v) is 11.7. The molecule has 104 valence electrons. The van der Waals surface area contributed by atoms with Crippen molar-refractivity contribution < 1.29 is 4.74 Å². The summed E-state index contributed by atoms with van der Waals surface area (Å²) in [6.07, 6.45) is 0.893. The molecule has 0 bridgehead atoms. The van der Waals surface area contributed by atoms with Crippen molar-refractivity contribution in [1.29, 1.82) is 0 Å². The zero-order valence-electron chi connectivity index (χ0n) is 11.7. The van der Waals surface area contributed by atoms with Gasteiger partial charge >= 0.3 is 0 Å². The van der Waals surface area contributed by atoms with Crippen LogP contribution in [0.2, 0.25) is 0 Å². The summed E-state index contributed by atoms with van der Waals surface area (Å²) in [6, 6.07) is 13.6. The van der Waals surface area contributed by atoms with E-state index in [-0.39, 0.29) is 0 Å². The quantitative estimate of drug-likeness (QED) is 0.287. The molecule has 0 atom stereocenters. The molecule has 3 aromatic rings. The molecule has 0 fully saturated rings. The number of fused-ring (bicyclic) bond motifs is 2. The van der Waals surface area contributed by atoms with Gasteiger partial charge in [-0.05, 0) is 36.2 Å². The molecule has 0 saturated heterocycles. The maximum Gasteiger partial charge on any atom is 0.129 e. The maximum absolute atomic E-state index is 8.70. The minimum absolute atomic E-state index is 0.473. The van der Waals surface area contributed by atoms with Crippen LogP contribution in [-0.2, 0) is 0 Å². The van der Waals surface area contributed by atoms with Gasteiger partial charge in [0.25, 0.3) is 0 Å². The third-order valence-corrected chi connectivity index (χ3v) is 3.21. The lowest BCUT2D eigenvalue weighted by Crippen LogP contribution is -1.95. The molecule has 2 aromatic carbocycles. The van der Waals surface area contributed by atoms with Gasteiger partial charge in [0.05, 0.1) is 23.3 Å². The first-order valence-electron chi connectivity index (χ1n) is 6.83. The summed E-state index contributed by atoms with van der Waals surface area (Å²) in [6.45, 7) is 2.61. The molecule has 0 aliphatic carbocycles. The highest BCUT2D eigenvalue weighted by Crippen LogP contribution is 2.33. The summed E-state index contributed by atoms with van der Waals surface area (Å²) < 4.78 is 5.67. The van der Waals surface area contributed by atoms with Crippen LogP contribution in [0.15, 0.2) is 47.6 Å². The van der Waals surface area contributed by atoms with E-state index in [2.05, 4.69) is 21.1 Å². The Bertz CT molecular complexity index is 853. The Balaban J connectivity index is 2.23. The van der Waals surface area contributed by atoms with Gasteiger partial charge in [-0.1, -0.05) is 30.2 Å². The Morgan fingerprint density at radius 1 is 1.14 bits per heavy atom. The van der Waals surface area contributed by atoms with Crippen molar-refractivity contribution in [2.24, 2.45) is 5.11 Å². The molecule has 1 aromatic heterocycles. The van der Waals surface area contributed by atoms with E-state index in [1.165, 1.54) is 0 Å². The Labute approximate surface area is 121 Å². The highest BCUT2D eigenvalue weighted by molar-refractivity contribution is 5.95.